The van der Waals surface area contributed by atoms with Crippen molar-refractivity contribution in [3.05, 3.63) is 0 Å². The molecule has 0 bridgehead atoms. The quantitative estimate of drug-likeness (QED) is 0.821. The number of nitrogens with zero attached hydrogens (tertiary/aromatic N) is 1. The average Bonchev–Trinajstić information content (AvgIpc) is 2.20. The van der Waals surface area contributed by atoms with Gasteiger partial charge in [0.1, 0.15) is 0 Å². The van der Waals surface area contributed by atoms with E-state index in [0.29, 0.717) is 18.2 Å². The summed E-state index contributed by atoms with van der Waals surface area (Å²) in [5, 5.41) is 3.36. The van der Waals surface area contributed by atoms with Gasteiger partial charge in [-0.1, -0.05) is 13.8 Å². The van der Waals surface area contributed by atoms with Crippen LogP contribution >= 0.6 is 0 Å². The van der Waals surface area contributed by atoms with E-state index in [1.807, 2.05) is 4.90 Å². The molecule has 1 saturated heterocycles. The largest absolute Gasteiger partial charge is 0.342 e. The monoisotopic (exact) mass is 240 g/mol. The molecular weight excluding hydrogens is 212 g/mol. The van der Waals surface area contributed by atoms with Crippen molar-refractivity contribution in [2.45, 2.75) is 53.0 Å². The molecule has 1 fully saturated rings. The Morgan fingerprint density at radius 2 is 1.94 bits per heavy atom. The van der Waals surface area contributed by atoms with Crippen LogP contribution < -0.4 is 5.32 Å². The average molecular weight is 240 g/mol. The maximum atomic E-state index is 12.0. The van der Waals surface area contributed by atoms with Crippen LogP contribution in [0.2, 0.25) is 0 Å². The number of nitrogens with one attached hydrogen (secondary N) is 1. The van der Waals surface area contributed by atoms with E-state index in [4.69, 9.17) is 0 Å². The van der Waals surface area contributed by atoms with Crippen molar-refractivity contribution in [3.8, 4) is 0 Å². The smallest absolute Gasteiger partial charge is 0.223 e. The molecule has 1 aliphatic rings. The summed E-state index contributed by atoms with van der Waals surface area (Å²) in [5.41, 5.74) is 0.101. The van der Waals surface area contributed by atoms with Crippen LogP contribution in [0.4, 0.5) is 0 Å². The van der Waals surface area contributed by atoms with Gasteiger partial charge in [0.15, 0.2) is 0 Å². The number of carbonyl (C=O) groups is 1. The number of likely N-dealkylation sites (tertiary alicyclic amines) is 1. The standard InChI is InChI=1S/C14H28N2O/c1-11-7-9-16(10-12(11)2)13(17)6-8-15-14(3,4)5/h11-12,15H,6-10H2,1-5H3. The molecule has 0 aromatic heterocycles. The minimum atomic E-state index is 0.101. The van der Waals surface area contributed by atoms with Gasteiger partial charge in [0.05, 0.1) is 0 Å². The lowest BCUT2D eigenvalue weighted by molar-refractivity contribution is -0.133. The first kappa shape index (κ1) is 14.5. The molecule has 0 aromatic carbocycles. The molecule has 0 aromatic rings. The van der Waals surface area contributed by atoms with Gasteiger partial charge in [-0.2, -0.15) is 0 Å². The van der Waals surface area contributed by atoms with Gasteiger partial charge < -0.3 is 10.2 Å². The predicted octanol–water partition coefficient (Wildman–Crippen LogP) is 2.27. The lowest BCUT2D eigenvalue weighted by atomic mass is 9.88. The Morgan fingerprint density at radius 3 is 2.47 bits per heavy atom. The van der Waals surface area contributed by atoms with Crippen molar-refractivity contribution >= 4 is 5.91 Å². The van der Waals surface area contributed by atoms with Gasteiger partial charge in [-0.05, 0) is 39.0 Å². The van der Waals surface area contributed by atoms with Crippen LogP contribution in [0.5, 0.6) is 0 Å². The molecule has 2 unspecified atom stereocenters. The first-order valence-electron chi connectivity index (χ1n) is 6.82. The molecule has 100 valence electrons. The normalized spacial score (nSPS) is 26.1. The topological polar surface area (TPSA) is 32.3 Å². The molecule has 1 heterocycles. The van der Waals surface area contributed by atoms with E-state index < -0.39 is 0 Å². The van der Waals surface area contributed by atoms with Crippen molar-refractivity contribution in [2.24, 2.45) is 11.8 Å². The molecule has 1 N–H and O–H groups in total. The fourth-order valence-electron chi connectivity index (χ4n) is 2.19. The highest BCUT2D eigenvalue weighted by Gasteiger charge is 2.25. The van der Waals surface area contributed by atoms with Crippen molar-refractivity contribution in [2.75, 3.05) is 19.6 Å². The highest BCUT2D eigenvalue weighted by molar-refractivity contribution is 5.76. The Balaban J connectivity index is 2.29. The van der Waals surface area contributed by atoms with E-state index >= 15 is 0 Å². The SMILES string of the molecule is CC1CCN(C(=O)CCNC(C)(C)C)CC1C. The number of piperidine rings is 1. The molecule has 0 radical (unpaired) electrons. The summed E-state index contributed by atoms with van der Waals surface area (Å²) in [7, 11) is 0. The molecule has 2 atom stereocenters. The van der Waals surface area contributed by atoms with Crippen molar-refractivity contribution < 1.29 is 4.79 Å². The van der Waals surface area contributed by atoms with Gasteiger partial charge in [-0.25, -0.2) is 0 Å². The minimum Gasteiger partial charge on any atom is -0.342 e. The van der Waals surface area contributed by atoms with Gasteiger partial charge in [0.2, 0.25) is 5.91 Å². The summed E-state index contributed by atoms with van der Waals surface area (Å²) in [4.78, 5) is 14.1. The molecule has 17 heavy (non-hydrogen) atoms. The Hall–Kier alpha value is -0.570. The molecule has 0 saturated carbocycles. The van der Waals surface area contributed by atoms with E-state index in [-0.39, 0.29) is 5.54 Å². The molecule has 1 aliphatic heterocycles. The summed E-state index contributed by atoms with van der Waals surface area (Å²) < 4.78 is 0. The Labute approximate surface area is 106 Å². The second kappa shape index (κ2) is 5.85. The first-order chi connectivity index (χ1) is 7.79. The van der Waals surface area contributed by atoms with Crippen LogP contribution in [0.3, 0.4) is 0 Å². The van der Waals surface area contributed by atoms with E-state index in [1.54, 1.807) is 0 Å². The zero-order chi connectivity index (χ0) is 13.1. The second-order valence-electron chi connectivity index (χ2n) is 6.51. The van der Waals surface area contributed by atoms with Gasteiger partial charge in [0.25, 0.3) is 0 Å². The van der Waals surface area contributed by atoms with Crippen LogP contribution in [0, 0.1) is 11.8 Å². The predicted molar refractivity (Wildman–Crippen MR) is 71.9 cm³/mol. The van der Waals surface area contributed by atoms with Crippen LogP contribution in [0.25, 0.3) is 0 Å². The Morgan fingerprint density at radius 1 is 1.29 bits per heavy atom. The summed E-state index contributed by atoms with van der Waals surface area (Å²) in [6.07, 6.45) is 1.78. The summed E-state index contributed by atoms with van der Waals surface area (Å²) >= 11 is 0. The number of amides is 1. The molecule has 3 nitrogen and oxygen atoms in total. The third kappa shape index (κ3) is 5.07. The molecule has 1 rings (SSSR count). The fourth-order valence-corrected chi connectivity index (χ4v) is 2.19. The molecule has 0 spiro atoms. The number of hydrogen-bond acceptors (Lipinski definition) is 2. The molecule has 1 amide bonds. The van der Waals surface area contributed by atoms with E-state index in [0.717, 1.165) is 32.0 Å². The van der Waals surface area contributed by atoms with Crippen molar-refractivity contribution in [1.29, 1.82) is 0 Å². The van der Waals surface area contributed by atoms with Gasteiger partial charge in [-0.3, -0.25) is 4.79 Å². The minimum absolute atomic E-state index is 0.101. The highest BCUT2D eigenvalue weighted by Crippen LogP contribution is 2.22. The third-order valence-corrected chi connectivity index (χ3v) is 3.68. The number of rotatable bonds is 3. The summed E-state index contributed by atoms with van der Waals surface area (Å²) in [6, 6.07) is 0. The highest BCUT2D eigenvalue weighted by atomic mass is 16.2. The molecular formula is C14H28N2O. The van der Waals surface area contributed by atoms with Crippen LogP contribution in [-0.2, 0) is 4.79 Å². The maximum Gasteiger partial charge on any atom is 0.223 e. The zero-order valence-corrected chi connectivity index (χ0v) is 12.0. The lowest BCUT2D eigenvalue weighted by Gasteiger charge is -2.35. The van der Waals surface area contributed by atoms with Crippen LogP contribution in [0.1, 0.15) is 47.5 Å². The Bertz CT molecular complexity index is 257. The zero-order valence-electron chi connectivity index (χ0n) is 12.0. The van der Waals surface area contributed by atoms with E-state index in [1.165, 1.54) is 0 Å². The lowest BCUT2D eigenvalue weighted by Crippen LogP contribution is -2.44. The van der Waals surface area contributed by atoms with Crippen LogP contribution in [0.15, 0.2) is 0 Å². The fraction of sp³-hybridized carbons (Fsp3) is 0.929. The summed E-state index contributed by atoms with van der Waals surface area (Å²) in [5.74, 6) is 1.70. The van der Waals surface area contributed by atoms with Crippen molar-refractivity contribution in [1.82, 2.24) is 10.2 Å². The number of hydrogen-bond donors (Lipinski definition) is 1. The van der Waals surface area contributed by atoms with E-state index in [2.05, 4.69) is 39.9 Å². The van der Waals surface area contributed by atoms with Gasteiger partial charge >= 0.3 is 0 Å². The maximum absolute atomic E-state index is 12.0. The van der Waals surface area contributed by atoms with Crippen molar-refractivity contribution in [3.63, 3.8) is 0 Å². The number of carbonyl (C=O) groups excluding carboxylic acids is 1. The second-order valence-corrected chi connectivity index (χ2v) is 6.51. The van der Waals surface area contributed by atoms with E-state index in [9.17, 15) is 4.79 Å². The third-order valence-electron chi connectivity index (χ3n) is 3.68. The first-order valence-corrected chi connectivity index (χ1v) is 6.82. The molecule has 0 aliphatic carbocycles. The van der Waals surface area contributed by atoms with Gasteiger partial charge in [0, 0.05) is 31.6 Å². The summed E-state index contributed by atoms with van der Waals surface area (Å²) in [6.45, 7) is 13.6. The Kier molecular flexibility index (Phi) is 4.99. The molecule has 3 heteroatoms. The van der Waals surface area contributed by atoms with Crippen LogP contribution in [-0.4, -0.2) is 36.0 Å². The van der Waals surface area contributed by atoms with Gasteiger partial charge in [-0.15, -0.1) is 0 Å².